The van der Waals surface area contributed by atoms with Gasteiger partial charge in [-0.2, -0.15) is 0 Å². The second-order valence-corrected chi connectivity index (χ2v) is 6.45. The Morgan fingerprint density at radius 1 is 1.04 bits per heavy atom. The van der Waals surface area contributed by atoms with E-state index in [-0.39, 0.29) is 18.3 Å². The average molecular weight is 377 g/mol. The monoisotopic (exact) mass is 376 g/mol. The van der Waals surface area contributed by atoms with Gasteiger partial charge in [0.05, 0.1) is 43.3 Å². The van der Waals surface area contributed by atoms with Crippen molar-refractivity contribution in [3.63, 3.8) is 0 Å². The number of halogens is 2. The number of hydrogen-bond acceptors (Lipinski definition) is 1. The van der Waals surface area contributed by atoms with E-state index in [4.69, 9.17) is 11.6 Å². The zero-order chi connectivity index (χ0) is 16.8. The minimum Gasteiger partial charge on any atom is -1.00 e. The maximum absolute atomic E-state index is 12.5. The fourth-order valence-electron chi connectivity index (χ4n) is 2.96. The van der Waals surface area contributed by atoms with Gasteiger partial charge in [0.15, 0.2) is 0 Å². The summed E-state index contributed by atoms with van der Waals surface area (Å²) >= 11 is 6.13. The Hall–Kier alpha value is -1.81. The lowest BCUT2D eigenvalue weighted by Crippen LogP contribution is -3.14. The first-order valence-electron chi connectivity index (χ1n) is 8.33. The average Bonchev–Trinajstić information content (AvgIpc) is 2.63. The van der Waals surface area contributed by atoms with Crippen LogP contribution in [0, 0.1) is 0 Å². The molecule has 0 atom stereocenters. The van der Waals surface area contributed by atoms with Gasteiger partial charge in [0.25, 0.3) is 5.91 Å². The van der Waals surface area contributed by atoms with E-state index in [1.165, 1.54) is 10.5 Å². The molecular formula is C20H22Cl2N2O. The van der Waals surface area contributed by atoms with Crippen LogP contribution >= 0.6 is 11.6 Å². The van der Waals surface area contributed by atoms with Crippen molar-refractivity contribution in [2.24, 2.45) is 0 Å². The summed E-state index contributed by atoms with van der Waals surface area (Å²) in [6.45, 7) is 4.48. The molecule has 0 bridgehead atoms. The van der Waals surface area contributed by atoms with Crippen molar-refractivity contribution < 1.29 is 22.1 Å². The number of rotatable bonds is 4. The highest BCUT2D eigenvalue weighted by Gasteiger charge is 2.24. The topological polar surface area (TPSA) is 24.8 Å². The van der Waals surface area contributed by atoms with Gasteiger partial charge in [0, 0.05) is 0 Å². The predicted octanol–water partition coefficient (Wildman–Crippen LogP) is -0.602. The van der Waals surface area contributed by atoms with Gasteiger partial charge in [0.1, 0.15) is 0 Å². The highest BCUT2D eigenvalue weighted by molar-refractivity contribution is 6.33. The molecule has 1 amide bonds. The molecule has 0 saturated carbocycles. The van der Waals surface area contributed by atoms with Crippen LogP contribution in [0.15, 0.2) is 60.7 Å². The third-order valence-corrected chi connectivity index (χ3v) is 4.71. The van der Waals surface area contributed by atoms with Crippen molar-refractivity contribution in [1.29, 1.82) is 0 Å². The minimum absolute atomic E-state index is 0. The summed E-state index contributed by atoms with van der Waals surface area (Å²) in [5.74, 6) is 0.0412. The third-order valence-electron chi connectivity index (χ3n) is 4.38. The molecule has 1 heterocycles. The van der Waals surface area contributed by atoms with E-state index in [0.29, 0.717) is 10.6 Å². The first-order chi connectivity index (χ1) is 11.7. The Kier molecular flexibility index (Phi) is 7.51. The molecule has 25 heavy (non-hydrogen) atoms. The fourth-order valence-corrected chi connectivity index (χ4v) is 3.18. The summed E-state index contributed by atoms with van der Waals surface area (Å²) in [7, 11) is 0. The summed E-state index contributed by atoms with van der Waals surface area (Å²) in [6, 6.07) is 17.6. The molecule has 0 aliphatic carbocycles. The van der Waals surface area contributed by atoms with E-state index in [0.717, 1.165) is 32.7 Å². The van der Waals surface area contributed by atoms with Crippen LogP contribution in [-0.2, 0) is 0 Å². The maximum Gasteiger partial charge on any atom is 0.255 e. The Labute approximate surface area is 160 Å². The number of quaternary nitrogens is 1. The number of piperazine rings is 1. The first kappa shape index (κ1) is 19.5. The van der Waals surface area contributed by atoms with Crippen LogP contribution in [0.5, 0.6) is 0 Å². The second-order valence-electron chi connectivity index (χ2n) is 6.04. The third kappa shape index (κ3) is 5.33. The van der Waals surface area contributed by atoms with Crippen LogP contribution in [0.25, 0.3) is 6.08 Å². The van der Waals surface area contributed by atoms with Crippen LogP contribution in [-0.4, -0.2) is 43.5 Å². The lowest BCUT2D eigenvalue weighted by Gasteiger charge is -2.32. The van der Waals surface area contributed by atoms with E-state index in [1.54, 1.807) is 12.1 Å². The van der Waals surface area contributed by atoms with E-state index in [9.17, 15) is 4.79 Å². The minimum atomic E-state index is 0. The fraction of sp³-hybridized carbons (Fsp3) is 0.250. The van der Waals surface area contributed by atoms with Crippen molar-refractivity contribution in [3.8, 4) is 0 Å². The SMILES string of the molecule is O=C(c1ccccc1Cl)N1CC[NH+](CC=Cc2ccccc2)CC1.[Cl-]. The Bertz CT molecular complexity index is 711. The second kappa shape index (κ2) is 9.62. The Morgan fingerprint density at radius 2 is 1.68 bits per heavy atom. The number of carbonyl (C=O) groups excluding carboxylic acids is 1. The van der Waals surface area contributed by atoms with Gasteiger partial charge < -0.3 is 22.2 Å². The lowest BCUT2D eigenvalue weighted by molar-refractivity contribution is -0.898. The zero-order valence-electron chi connectivity index (χ0n) is 14.0. The molecule has 5 heteroatoms. The number of nitrogens with zero attached hydrogens (tertiary/aromatic N) is 1. The molecule has 0 spiro atoms. The standard InChI is InChI=1S/C20H21ClN2O.ClH/c21-19-11-5-4-10-18(19)20(24)23-15-13-22(14-16-23)12-6-9-17-7-2-1-3-8-17;/h1-11H,12-16H2;1H. The predicted molar refractivity (Wildman–Crippen MR) is 98.4 cm³/mol. The van der Waals surface area contributed by atoms with Crippen LogP contribution < -0.4 is 17.3 Å². The number of amides is 1. The molecule has 0 unspecified atom stereocenters. The van der Waals surface area contributed by atoms with Crippen molar-refractivity contribution in [2.45, 2.75) is 0 Å². The van der Waals surface area contributed by atoms with Crippen LogP contribution in [0.1, 0.15) is 15.9 Å². The normalized spacial score (nSPS) is 15.2. The number of hydrogen-bond donors (Lipinski definition) is 1. The summed E-state index contributed by atoms with van der Waals surface area (Å²) in [6.07, 6.45) is 4.38. The molecule has 3 nitrogen and oxygen atoms in total. The molecule has 1 aliphatic heterocycles. The summed E-state index contributed by atoms with van der Waals surface area (Å²) in [4.78, 5) is 16.0. The summed E-state index contributed by atoms with van der Waals surface area (Å²) < 4.78 is 0. The van der Waals surface area contributed by atoms with Crippen molar-refractivity contribution in [3.05, 3.63) is 76.8 Å². The molecule has 1 fully saturated rings. The van der Waals surface area contributed by atoms with E-state index >= 15 is 0 Å². The molecule has 0 radical (unpaired) electrons. The molecule has 0 aromatic heterocycles. The molecular weight excluding hydrogens is 355 g/mol. The van der Waals surface area contributed by atoms with Gasteiger partial charge in [-0.3, -0.25) is 4.79 Å². The van der Waals surface area contributed by atoms with Crippen LogP contribution in [0.3, 0.4) is 0 Å². The van der Waals surface area contributed by atoms with Gasteiger partial charge in [0.2, 0.25) is 0 Å². The highest BCUT2D eigenvalue weighted by Crippen LogP contribution is 2.17. The summed E-state index contributed by atoms with van der Waals surface area (Å²) in [5.41, 5.74) is 1.83. The molecule has 1 aliphatic rings. The van der Waals surface area contributed by atoms with E-state index in [1.807, 2.05) is 35.2 Å². The Balaban J connectivity index is 0.00000225. The van der Waals surface area contributed by atoms with Crippen molar-refractivity contribution in [2.75, 3.05) is 32.7 Å². The van der Waals surface area contributed by atoms with Gasteiger partial charge in [-0.1, -0.05) is 60.1 Å². The smallest absolute Gasteiger partial charge is 0.255 e. The van der Waals surface area contributed by atoms with E-state index in [2.05, 4.69) is 24.3 Å². The quantitative estimate of drug-likeness (QED) is 0.756. The molecule has 1 saturated heterocycles. The highest BCUT2D eigenvalue weighted by atomic mass is 35.5. The lowest BCUT2D eigenvalue weighted by atomic mass is 10.1. The molecule has 3 rings (SSSR count). The van der Waals surface area contributed by atoms with Crippen LogP contribution in [0.2, 0.25) is 5.02 Å². The number of nitrogens with one attached hydrogen (secondary N) is 1. The summed E-state index contributed by atoms with van der Waals surface area (Å²) in [5, 5.41) is 0.531. The molecule has 2 aromatic rings. The first-order valence-corrected chi connectivity index (χ1v) is 8.71. The van der Waals surface area contributed by atoms with Crippen molar-refractivity contribution in [1.82, 2.24) is 4.90 Å². The number of benzene rings is 2. The molecule has 2 aromatic carbocycles. The van der Waals surface area contributed by atoms with Crippen LogP contribution in [0.4, 0.5) is 0 Å². The van der Waals surface area contributed by atoms with Gasteiger partial charge in [-0.25, -0.2) is 0 Å². The van der Waals surface area contributed by atoms with E-state index < -0.39 is 0 Å². The molecule has 132 valence electrons. The van der Waals surface area contributed by atoms with Gasteiger partial charge in [-0.15, -0.1) is 0 Å². The maximum atomic E-state index is 12.5. The zero-order valence-corrected chi connectivity index (χ0v) is 15.5. The molecule has 1 N–H and O–H groups in total. The van der Waals surface area contributed by atoms with Gasteiger partial charge >= 0.3 is 0 Å². The number of carbonyl (C=O) groups is 1. The van der Waals surface area contributed by atoms with Gasteiger partial charge in [-0.05, 0) is 23.8 Å². The largest absolute Gasteiger partial charge is 1.00 e. The van der Waals surface area contributed by atoms with Crippen molar-refractivity contribution >= 4 is 23.6 Å². The Morgan fingerprint density at radius 3 is 2.36 bits per heavy atom.